The molecule has 0 spiro atoms. The first-order valence-corrected chi connectivity index (χ1v) is 10.5. The largest absolute Gasteiger partial charge is 0.466 e. The van der Waals surface area contributed by atoms with E-state index >= 15 is 0 Å². The van der Waals surface area contributed by atoms with Crippen LogP contribution in [0.1, 0.15) is 99.3 Å². The Labute approximate surface area is 166 Å². The molecule has 0 rings (SSSR count). The Morgan fingerprint density at radius 2 is 1.04 bits per heavy atom. The van der Waals surface area contributed by atoms with E-state index in [-0.39, 0.29) is 17.4 Å². The van der Waals surface area contributed by atoms with Crippen molar-refractivity contribution in [1.82, 2.24) is 0 Å². The number of unbranched alkanes of at least 4 members (excludes halogenated alkanes) is 5. The van der Waals surface area contributed by atoms with Crippen molar-refractivity contribution in [2.45, 2.75) is 99.3 Å². The molecule has 156 valence electrons. The lowest BCUT2D eigenvalue weighted by Gasteiger charge is -2.21. The number of rotatable bonds is 13. The molecule has 27 heavy (non-hydrogen) atoms. The van der Waals surface area contributed by atoms with E-state index in [4.69, 9.17) is 9.47 Å². The van der Waals surface area contributed by atoms with Crippen LogP contribution in [-0.4, -0.2) is 25.2 Å². The maximum atomic E-state index is 11.8. The lowest BCUT2D eigenvalue weighted by atomic mass is 9.87. The van der Waals surface area contributed by atoms with Crippen LogP contribution in [0.2, 0.25) is 0 Å². The molecule has 4 heteroatoms. The molecule has 0 heterocycles. The topological polar surface area (TPSA) is 52.6 Å². The minimum atomic E-state index is -0.402. The van der Waals surface area contributed by atoms with Crippen LogP contribution >= 0.6 is 0 Å². The third-order valence-electron chi connectivity index (χ3n) is 4.74. The Kier molecular flexibility index (Phi) is 12.9. The SMILES string of the molecule is CCOC(=O)C(C)(C)CCCCC#CCCCCCC(C)(C)C(=O)OCC. The van der Waals surface area contributed by atoms with Gasteiger partial charge in [0.15, 0.2) is 0 Å². The fourth-order valence-corrected chi connectivity index (χ4v) is 2.77. The monoisotopic (exact) mass is 380 g/mol. The van der Waals surface area contributed by atoms with Crippen molar-refractivity contribution in [3.05, 3.63) is 0 Å². The molecule has 0 atom stereocenters. The highest BCUT2D eigenvalue weighted by Gasteiger charge is 2.28. The van der Waals surface area contributed by atoms with Crippen LogP contribution in [0.15, 0.2) is 0 Å². The molecule has 0 aliphatic carbocycles. The van der Waals surface area contributed by atoms with Crippen LogP contribution < -0.4 is 0 Å². The smallest absolute Gasteiger partial charge is 0.311 e. The van der Waals surface area contributed by atoms with E-state index in [0.29, 0.717) is 13.2 Å². The number of carbonyl (C=O) groups excluding carboxylic acids is 2. The molecular formula is C23H40O4. The van der Waals surface area contributed by atoms with Crippen molar-refractivity contribution < 1.29 is 19.1 Å². The molecule has 0 aliphatic rings. The Morgan fingerprint density at radius 3 is 1.44 bits per heavy atom. The second kappa shape index (κ2) is 13.6. The molecule has 4 nitrogen and oxygen atoms in total. The molecule has 0 N–H and O–H groups in total. The lowest BCUT2D eigenvalue weighted by Crippen LogP contribution is -2.26. The van der Waals surface area contributed by atoms with Crippen LogP contribution in [0.5, 0.6) is 0 Å². The molecule has 0 amide bonds. The second-order valence-electron chi connectivity index (χ2n) is 8.33. The number of esters is 2. The van der Waals surface area contributed by atoms with Gasteiger partial charge in [0, 0.05) is 12.8 Å². The molecule has 0 bridgehead atoms. The van der Waals surface area contributed by atoms with Crippen LogP contribution in [0, 0.1) is 22.7 Å². The van der Waals surface area contributed by atoms with Gasteiger partial charge in [0.05, 0.1) is 24.0 Å². The zero-order valence-corrected chi connectivity index (χ0v) is 18.4. The average molecular weight is 381 g/mol. The van der Waals surface area contributed by atoms with Crippen molar-refractivity contribution in [2.75, 3.05) is 13.2 Å². The zero-order chi connectivity index (χ0) is 20.8. The lowest BCUT2D eigenvalue weighted by molar-refractivity contribution is -0.154. The van der Waals surface area contributed by atoms with E-state index in [1.165, 1.54) is 0 Å². The fraction of sp³-hybridized carbons (Fsp3) is 0.826. The van der Waals surface area contributed by atoms with E-state index in [1.54, 1.807) is 0 Å². The molecule has 0 aromatic heterocycles. The Balaban J connectivity index is 3.76. The van der Waals surface area contributed by atoms with Crippen molar-refractivity contribution in [3.63, 3.8) is 0 Å². The summed E-state index contributed by atoms with van der Waals surface area (Å²) in [5.41, 5.74) is -0.792. The summed E-state index contributed by atoms with van der Waals surface area (Å²) in [5, 5.41) is 0. The molecule has 0 saturated heterocycles. The number of hydrogen-bond acceptors (Lipinski definition) is 4. The predicted molar refractivity (Wildman–Crippen MR) is 110 cm³/mol. The summed E-state index contributed by atoms with van der Waals surface area (Å²) in [7, 11) is 0. The van der Waals surface area contributed by atoms with E-state index in [1.807, 2.05) is 41.5 Å². The number of ether oxygens (including phenoxy) is 2. The first kappa shape index (κ1) is 25.5. The molecule has 0 saturated carbocycles. The minimum Gasteiger partial charge on any atom is -0.466 e. The fourth-order valence-electron chi connectivity index (χ4n) is 2.77. The summed E-state index contributed by atoms with van der Waals surface area (Å²) < 4.78 is 10.2. The van der Waals surface area contributed by atoms with Gasteiger partial charge in [-0.1, -0.05) is 19.3 Å². The van der Waals surface area contributed by atoms with Gasteiger partial charge in [0.1, 0.15) is 0 Å². The Bertz CT molecular complexity index is 494. The van der Waals surface area contributed by atoms with Crippen molar-refractivity contribution >= 4 is 11.9 Å². The van der Waals surface area contributed by atoms with Gasteiger partial charge in [-0.15, -0.1) is 11.8 Å². The summed E-state index contributed by atoms with van der Waals surface area (Å²) in [6.07, 6.45) is 8.68. The van der Waals surface area contributed by atoms with Crippen LogP contribution in [0.25, 0.3) is 0 Å². The third-order valence-corrected chi connectivity index (χ3v) is 4.74. The zero-order valence-electron chi connectivity index (χ0n) is 18.4. The van der Waals surface area contributed by atoms with E-state index in [9.17, 15) is 9.59 Å². The van der Waals surface area contributed by atoms with Gasteiger partial charge in [-0.3, -0.25) is 9.59 Å². The molecule has 0 aromatic carbocycles. The number of hydrogen-bond donors (Lipinski definition) is 0. The standard InChI is InChI=1S/C23H40O4/c1-7-26-20(24)22(3,4)18-16-14-12-10-9-11-13-15-17-19-23(5,6)21(25)27-8-2/h7-8,10,12-19H2,1-6H3. The minimum absolute atomic E-state index is 0.101. The summed E-state index contributed by atoms with van der Waals surface area (Å²) in [4.78, 5) is 23.6. The van der Waals surface area contributed by atoms with Crippen molar-refractivity contribution in [1.29, 1.82) is 0 Å². The second-order valence-corrected chi connectivity index (χ2v) is 8.33. The molecule has 0 fully saturated rings. The molecule has 0 aromatic rings. The van der Waals surface area contributed by atoms with Gasteiger partial charge in [0.2, 0.25) is 0 Å². The van der Waals surface area contributed by atoms with Gasteiger partial charge in [-0.25, -0.2) is 0 Å². The van der Waals surface area contributed by atoms with Crippen LogP contribution in [0.3, 0.4) is 0 Å². The van der Waals surface area contributed by atoms with E-state index in [2.05, 4.69) is 11.8 Å². The first-order valence-electron chi connectivity index (χ1n) is 10.5. The van der Waals surface area contributed by atoms with Gasteiger partial charge >= 0.3 is 11.9 Å². The highest BCUT2D eigenvalue weighted by molar-refractivity contribution is 5.76. The normalized spacial score (nSPS) is 11.5. The van der Waals surface area contributed by atoms with Crippen LogP contribution in [-0.2, 0) is 19.1 Å². The molecule has 0 aliphatic heterocycles. The molecule has 0 unspecified atom stereocenters. The predicted octanol–water partition coefficient (Wildman–Crippen LogP) is 5.68. The highest BCUT2D eigenvalue weighted by Crippen LogP contribution is 2.26. The first-order chi connectivity index (χ1) is 12.7. The van der Waals surface area contributed by atoms with Gasteiger partial charge < -0.3 is 9.47 Å². The van der Waals surface area contributed by atoms with Crippen molar-refractivity contribution in [2.24, 2.45) is 10.8 Å². The van der Waals surface area contributed by atoms with Gasteiger partial charge in [-0.05, 0) is 67.2 Å². The quantitative estimate of drug-likeness (QED) is 0.234. The summed E-state index contributed by atoms with van der Waals surface area (Å²) >= 11 is 0. The van der Waals surface area contributed by atoms with Gasteiger partial charge in [-0.2, -0.15) is 0 Å². The molecular weight excluding hydrogens is 340 g/mol. The maximum Gasteiger partial charge on any atom is 0.311 e. The van der Waals surface area contributed by atoms with E-state index < -0.39 is 5.41 Å². The summed E-state index contributed by atoms with van der Waals surface area (Å²) in [6.45, 7) is 12.4. The summed E-state index contributed by atoms with van der Waals surface area (Å²) in [5.74, 6) is 6.25. The van der Waals surface area contributed by atoms with Crippen molar-refractivity contribution in [3.8, 4) is 11.8 Å². The van der Waals surface area contributed by atoms with E-state index in [0.717, 1.165) is 57.8 Å². The van der Waals surface area contributed by atoms with Gasteiger partial charge in [0.25, 0.3) is 0 Å². The summed E-state index contributed by atoms with van der Waals surface area (Å²) in [6, 6.07) is 0. The Hall–Kier alpha value is -1.50. The average Bonchev–Trinajstić information content (AvgIpc) is 2.59. The Morgan fingerprint density at radius 1 is 0.667 bits per heavy atom. The third kappa shape index (κ3) is 11.7. The maximum absolute atomic E-state index is 11.8. The highest BCUT2D eigenvalue weighted by atomic mass is 16.5. The van der Waals surface area contributed by atoms with Crippen LogP contribution in [0.4, 0.5) is 0 Å². The molecule has 0 radical (unpaired) electrons. The number of carbonyl (C=O) groups is 2.